The Kier molecular flexibility index (Phi) is 3.86. The van der Waals surface area contributed by atoms with E-state index in [0.29, 0.717) is 12.8 Å². The van der Waals surface area contributed by atoms with Gasteiger partial charge in [0.1, 0.15) is 5.78 Å². The molecule has 0 radical (unpaired) electrons. The van der Waals surface area contributed by atoms with E-state index in [0.717, 1.165) is 5.56 Å². The molecule has 90 valence electrons. The van der Waals surface area contributed by atoms with Crippen LogP contribution in [-0.2, 0) is 18.3 Å². The molecule has 0 aliphatic rings. The maximum Gasteiger partial charge on any atom is 0.138 e. The van der Waals surface area contributed by atoms with E-state index >= 15 is 0 Å². The van der Waals surface area contributed by atoms with Gasteiger partial charge in [0.15, 0.2) is 0 Å². The Bertz CT molecular complexity index is 363. The van der Waals surface area contributed by atoms with Crippen LogP contribution in [0.15, 0.2) is 12.4 Å². The zero-order chi connectivity index (χ0) is 12.3. The van der Waals surface area contributed by atoms with Crippen molar-refractivity contribution in [2.45, 2.75) is 39.7 Å². The van der Waals surface area contributed by atoms with Crippen LogP contribution < -0.4 is 5.73 Å². The fourth-order valence-corrected chi connectivity index (χ4v) is 1.41. The molecule has 0 fully saturated rings. The van der Waals surface area contributed by atoms with Crippen LogP contribution in [0.4, 0.5) is 0 Å². The second-order valence-corrected chi connectivity index (χ2v) is 5.41. The highest BCUT2D eigenvalue weighted by Crippen LogP contribution is 2.20. The Balaban J connectivity index is 2.48. The third-order valence-electron chi connectivity index (χ3n) is 2.72. The van der Waals surface area contributed by atoms with Crippen LogP contribution in [0, 0.1) is 5.41 Å². The van der Waals surface area contributed by atoms with Crippen molar-refractivity contribution in [1.82, 2.24) is 9.78 Å². The molecule has 0 amide bonds. The normalized spacial score (nSPS) is 13.8. The van der Waals surface area contributed by atoms with Gasteiger partial charge in [0.2, 0.25) is 0 Å². The number of hydrogen-bond donors (Lipinski definition) is 1. The molecule has 0 aromatic carbocycles. The lowest BCUT2D eigenvalue weighted by Gasteiger charge is -2.26. The van der Waals surface area contributed by atoms with E-state index in [1.165, 1.54) is 0 Å². The van der Waals surface area contributed by atoms with Crippen LogP contribution in [0.1, 0.15) is 32.8 Å². The van der Waals surface area contributed by atoms with Gasteiger partial charge in [-0.1, -0.05) is 20.8 Å². The number of ketones is 1. The van der Waals surface area contributed by atoms with Gasteiger partial charge in [-0.25, -0.2) is 0 Å². The van der Waals surface area contributed by atoms with Gasteiger partial charge in [0, 0.05) is 32.1 Å². The fraction of sp³-hybridized carbons (Fsp3) is 0.667. The summed E-state index contributed by atoms with van der Waals surface area (Å²) in [7, 11) is 1.84. The van der Waals surface area contributed by atoms with Gasteiger partial charge in [-0.2, -0.15) is 5.10 Å². The minimum absolute atomic E-state index is 0.0232. The van der Waals surface area contributed by atoms with E-state index in [4.69, 9.17) is 5.73 Å². The number of aromatic nitrogens is 2. The number of hydrogen-bond acceptors (Lipinski definition) is 3. The van der Waals surface area contributed by atoms with Gasteiger partial charge in [0.05, 0.1) is 6.20 Å². The second-order valence-electron chi connectivity index (χ2n) is 5.41. The Hall–Kier alpha value is -1.16. The lowest BCUT2D eigenvalue weighted by atomic mass is 9.84. The van der Waals surface area contributed by atoms with Crippen LogP contribution in [0.25, 0.3) is 0 Å². The van der Waals surface area contributed by atoms with E-state index in [9.17, 15) is 4.79 Å². The fourth-order valence-electron chi connectivity index (χ4n) is 1.41. The highest BCUT2D eigenvalue weighted by Gasteiger charge is 2.23. The first kappa shape index (κ1) is 12.9. The Morgan fingerprint density at radius 3 is 2.62 bits per heavy atom. The van der Waals surface area contributed by atoms with Crippen molar-refractivity contribution in [3.8, 4) is 0 Å². The first-order valence-corrected chi connectivity index (χ1v) is 5.54. The highest BCUT2D eigenvalue weighted by molar-refractivity contribution is 5.81. The molecule has 0 saturated heterocycles. The number of nitrogens with two attached hydrogens (primary N) is 1. The molecule has 16 heavy (non-hydrogen) atoms. The lowest BCUT2D eigenvalue weighted by Crippen LogP contribution is -2.37. The smallest absolute Gasteiger partial charge is 0.138 e. The molecule has 0 saturated carbocycles. The van der Waals surface area contributed by atoms with Crippen LogP contribution in [0.5, 0.6) is 0 Å². The van der Waals surface area contributed by atoms with Crippen LogP contribution in [0.3, 0.4) is 0 Å². The number of nitrogens with zero attached hydrogens (tertiary/aromatic N) is 2. The molecule has 1 aromatic heterocycles. The number of aryl methyl sites for hydroxylation is 1. The predicted molar refractivity (Wildman–Crippen MR) is 64.0 cm³/mol. The van der Waals surface area contributed by atoms with Gasteiger partial charge < -0.3 is 5.73 Å². The molecular formula is C12H21N3O. The first-order chi connectivity index (χ1) is 7.29. The Labute approximate surface area is 96.8 Å². The molecule has 0 spiro atoms. The van der Waals surface area contributed by atoms with Crippen molar-refractivity contribution in [2.24, 2.45) is 18.2 Å². The maximum absolute atomic E-state index is 11.8. The Morgan fingerprint density at radius 1 is 1.56 bits per heavy atom. The van der Waals surface area contributed by atoms with E-state index in [-0.39, 0.29) is 17.2 Å². The Morgan fingerprint density at radius 2 is 2.19 bits per heavy atom. The predicted octanol–water partition coefficient (Wildman–Crippen LogP) is 1.30. The molecule has 1 unspecified atom stereocenters. The third-order valence-corrected chi connectivity index (χ3v) is 2.72. The minimum Gasteiger partial charge on any atom is -0.327 e. The zero-order valence-corrected chi connectivity index (χ0v) is 10.5. The van der Waals surface area contributed by atoms with Crippen LogP contribution >= 0.6 is 0 Å². The van der Waals surface area contributed by atoms with E-state index < -0.39 is 0 Å². The molecule has 1 rings (SSSR count). The SMILES string of the molecule is Cn1cc(CC(=O)CC(N)C(C)(C)C)cn1. The molecular weight excluding hydrogens is 202 g/mol. The van der Waals surface area contributed by atoms with Crippen molar-refractivity contribution >= 4 is 5.78 Å². The summed E-state index contributed by atoms with van der Waals surface area (Å²) in [5, 5.41) is 4.03. The summed E-state index contributed by atoms with van der Waals surface area (Å²) in [6.07, 6.45) is 4.44. The van der Waals surface area contributed by atoms with Gasteiger partial charge in [-0.15, -0.1) is 0 Å². The minimum atomic E-state index is -0.0864. The average Bonchev–Trinajstić information content (AvgIpc) is 2.49. The molecule has 4 heteroatoms. The monoisotopic (exact) mass is 223 g/mol. The number of carbonyl (C=O) groups excluding carboxylic acids is 1. The summed E-state index contributed by atoms with van der Waals surface area (Å²) in [5.74, 6) is 0.176. The summed E-state index contributed by atoms with van der Waals surface area (Å²) >= 11 is 0. The summed E-state index contributed by atoms with van der Waals surface area (Å²) in [6, 6.07) is -0.0864. The van der Waals surface area contributed by atoms with Gasteiger partial charge in [-0.3, -0.25) is 9.48 Å². The molecule has 4 nitrogen and oxygen atoms in total. The van der Waals surface area contributed by atoms with Crippen LogP contribution in [0.2, 0.25) is 0 Å². The number of rotatable bonds is 4. The van der Waals surface area contributed by atoms with Crippen molar-refractivity contribution < 1.29 is 4.79 Å². The van der Waals surface area contributed by atoms with Gasteiger partial charge in [-0.05, 0) is 11.0 Å². The molecule has 2 N–H and O–H groups in total. The summed E-state index contributed by atoms with van der Waals surface area (Å²) < 4.78 is 1.70. The quantitative estimate of drug-likeness (QED) is 0.836. The summed E-state index contributed by atoms with van der Waals surface area (Å²) in [5.41, 5.74) is 6.90. The maximum atomic E-state index is 11.8. The van der Waals surface area contributed by atoms with Crippen molar-refractivity contribution in [2.75, 3.05) is 0 Å². The zero-order valence-electron chi connectivity index (χ0n) is 10.5. The third kappa shape index (κ3) is 3.77. The van der Waals surface area contributed by atoms with E-state index in [1.54, 1.807) is 10.9 Å². The average molecular weight is 223 g/mol. The molecule has 1 heterocycles. The van der Waals surface area contributed by atoms with Gasteiger partial charge in [0.25, 0.3) is 0 Å². The lowest BCUT2D eigenvalue weighted by molar-refractivity contribution is -0.119. The molecule has 0 aliphatic carbocycles. The van der Waals surface area contributed by atoms with Gasteiger partial charge >= 0.3 is 0 Å². The van der Waals surface area contributed by atoms with Crippen molar-refractivity contribution in [1.29, 1.82) is 0 Å². The molecule has 1 aromatic rings. The van der Waals surface area contributed by atoms with Crippen molar-refractivity contribution in [3.05, 3.63) is 18.0 Å². The van der Waals surface area contributed by atoms with Crippen LogP contribution in [-0.4, -0.2) is 21.6 Å². The molecule has 1 atom stereocenters. The molecule has 0 aliphatic heterocycles. The summed E-state index contributed by atoms with van der Waals surface area (Å²) in [6.45, 7) is 6.15. The highest BCUT2D eigenvalue weighted by atomic mass is 16.1. The largest absolute Gasteiger partial charge is 0.327 e. The summed E-state index contributed by atoms with van der Waals surface area (Å²) in [4.78, 5) is 11.8. The van der Waals surface area contributed by atoms with E-state index in [1.807, 2.05) is 13.2 Å². The van der Waals surface area contributed by atoms with Crippen molar-refractivity contribution in [3.63, 3.8) is 0 Å². The standard InChI is InChI=1S/C12H21N3O/c1-12(2,3)11(13)6-10(16)5-9-7-14-15(4)8-9/h7-8,11H,5-6,13H2,1-4H3. The number of Topliss-reactive ketones (excluding diaryl/α,β-unsaturated/α-hetero) is 1. The van der Waals surface area contributed by atoms with E-state index in [2.05, 4.69) is 25.9 Å². The first-order valence-electron chi connectivity index (χ1n) is 5.54. The second kappa shape index (κ2) is 4.78. The topological polar surface area (TPSA) is 60.9 Å². The number of carbonyl (C=O) groups is 1. The molecule has 0 bridgehead atoms.